The van der Waals surface area contributed by atoms with Gasteiger partial charge in [0.1, 0.15) is 5.69 Å². The first kappa shape index (κ1) is 24.7. The lowest BCUT2D eigenvalue weighted by atomic mass is 10.0. The van der Waals surface area contributed by atoms with Gasteiger partial charge in [0.05, 0.1) is 21.3 Å². The van der Waals surface area contributed by atoms with Gasteiger partial charge in [0.25, 0.3) is 11.6 Å². The van der Waals surface area contributed by atoms with Crippen molar-refractivity contribution in [1.29, 1.82) is 0 Å². The van der Waals surface area contributed by atoms with Crippen LogP contribution in [0.15, 0.2) is 84.9 Å². The van der Waals surface area contributed by atoms with Crippen LogP contribution in [-0.2, 0) is 6.54 Å². The third kappa shape index (κ3) is 5.71. The predicted molar refractivity (Wildman–Crippen MR) is 143 cm³/mol. The molecule has 1 aliphatic rings. The number of benzene rings is 3. The number of halogens is 1. The monoisotopic (exact) mass is 515 g/mol. The molecule has 3 aromatic carbocycles. The highest BCUT2D eigenvalue weighted by molar-refractivity contribution is 6.33. The first-order valence-corrected chi connectivity index (χ1v) is 12.5. The molecule has 1 N–H and O–H groups in total. The molecule has 1 saturated heterocycles. The number of hydrogen-bond donors (Lipinski definition) is 1. The number of nitro groups is 1. The molecule has 0 unspecified atom stereocenters. The van der Waals surface area contributed by atoms with Gasteiger partial charge in [-0.05, 0) is 36.6 Å². The summed E-state index contributed by atoms with van der Waals surface area (Å²) in [4.78, 5) is 26.8. The topological polar surface area (TPSA) is 93.3 Å². The second-order valence-electron chi connectivity index (χ2n) is 9.09. The number of amides is 1. The largest absolute Gasteiger partial charge is 0.348 e. The summed E-state index contributed by atoms with van der Waals surface area (Å²) >= 11 is 6.40. The van der Waals surface area contributed by atoms with Gasteiger partial charge in [-0.2, -0.15) is 5.10 Å². The van der Waals surface area contributed by atoms with Crippen LogP contribution in [0, 0.1) is 10.1 Å². The summed E-state index contributed by atoms with van der Waals surface area (Å²) in [6.07, 6.45) is 1.67. The number of rotatable bonds is 7. The van der Waals surface area contributed by atoms with Crippen LogP contribution in [0.2, 0.25) is 5.02 Å². The van der Waals surface area contributed by atoms with Crippen molar-refractivity contribution in [3.05, 3.63) is 111 Å². The lowest BCUT2D eigenvalue weighted by molar-refractivity contribution is -0.384. The highest BCUT2D eigenvalue weighted by Gasteiger charge is 2.25. The maximum Gasteiger partial charge on any atom is 0.271 e. The van der Waals surface area contributed by atoms with Crippen LogP contribution in [0.1, 0.15) is 28.9 Å². The van der Waals surface area contributed by atoms with Crippen LogP contribution in [0.4, 0.5) is 5.69 Å². The number of non-ortho nitro benzene ring substituents is 1. The molecule has 37 heavy (non-hydrogen) atoms. The van der Waals surface area contributed by atoms with Gasteiger partial charge in [-0.1, -0.05) is 66.2 Å². The van der Waals surface area contributed by atoms with Crippen molar-refractivity contribution in [1.82, 2.24) is 20.0 Å². The van der Waals surface area contributed by atoms with E-state index < -0.39 is 4.92 Å². The summed E-state index contributed by atoms with van der Waals surface area (Å²) in [6.45, 7) is 2.66. The molecule has 0 atom stereocenters. The number of carbonyl (C=O) groups is 1. The number of aromatic nitrogens is 2. The van der Waals surface area contributed by atoms with E-state index in [2.05, 4.69) is 27.4 Å². The van der Waals surface area contributed by atoms with Gasteiger partial charge >= 0.3 is 0 Å². The van der Waals surface area contributed by atoms with E-state index in [4.69, 9.17) is 11.6 Å². The summed E-state index contributed by atoms with van der Waals surface area (Å²) in [6, 6.07) is 25.4. The van der Waals surface area contributed by atoms with Crippen LogP contribution < -0.4 is 5.32 Å². The Kier molecular flexibility index (Phi) is 7.30. The highest BCUT2D eigenvalue weighted by atomic mass is 35.5. The molecule has 1 aliphatic heterocycles. The van der Waals surface area contributed by atoms with Crippen LogP contribution in [-0.4, -0.2) is 44.6 Å². The molecule has 9 heteroatoms. The summed E-state index contributed by atoms with van der Waals surface area (Å²) in [5, 5.41) is 19.6. The molecule has 4 aromatic rings. The van der Waals surface area contributed by atoms with E-state index in [1.54, 1.807) is 24.3 Å². The number of likely N-dealkylation sites (tertiary alicyclic amines) is 1. The number of nitrogens with zero attached hydrogens (tertiary/aromatic N) is 4. The van der Waals surface area contributed by atoms with Gasteiger partial charge in [0.15, 0.2) is 0 Å². The van der Waals surface area contributed by atoms with E-state index in [-0.39, 0.29) is 17.6 Å². The zero-order chi connectivity index (χ0) is 25.8. The van der Waals surface area contributed by atoms with Gasteiger partial charge in [0, 0.05) is 43.4 Å². The van der Waals surface area contributed by atoms with E-state index in [1.807, 2.05) is 36.4 Å². The highest BCUT2D eigenvalue weighted by Crippen LogP contribution is 2.29. The molecule has 5 rings (SSSR count). The molecule has 1 aromatic heterocycles. The minimum absolute atomic E-state index is 0.0248. The fraction of sp³-hybridized carbons (Fsp3) is 0.214. The Morgan fingerprint density at radius 1 is 1.00 bits per heavy atom. The lowest BCUT2D eigenvalue weighted by Gasteiger charge is -2.32. The SMILES string of the molecule is O=C(NC1CCN(Cc2ccccc2)CC1)c1cc(-c2ccccc2Cl)nn1-c1cccc([N+](=O)[O-])c1. The van der Waals surface area contributed by atoms with Crippen molar-refractivity contribution < 1.29 is 9.72 Å². The second kappa shape index (κ2) is 10.9. The van der Waals surface area contributed by atoms with E-state index >= 15 is 0 Å². The number of piperidine rings is 1. The molecule has 0 radical (unpaired) electrons. The second-order valence-corrected chi connectivity index (χ2v) is 9.50. The van der Waals surface area contributed by atoms with E-state index in [0.717, 1.165) is 32.5 Å². The lowest BCUT2D eigenvalue weighted by Crippen LogP contribution is -2.44. The molecule has 1 fully saturated rings. The minimum Gasteiger partial charge on any atom is -0.348 e. The molecular formula is C28H26ClN5O3. The zero-order valence-electron chi connectivity index (χ0n) is 20.1. The Hall–Kier alpha value is -4.01. The third-order valence-corrected chi connectivity index (χ3v) is 6.88. The summed E-state index contributed by atoms with van der Waals surface area (Å²) in [5.41, 5.74) is 3.11. The zero-order valence-corrected chi connectivity index (χ0v) is 20.8. The smallest absolute Gasteiger partial charge is 0.271 e. The van der Waals surface area contributed by atoms with Crippen molar-refractivity contribution in [2.45, 2.75) is 25.4 Å². The quantitative estimate of drug-likeness (QED) is 0.259. The fourth-order valence-electron chi connectivity index (χ4n) is 4.61. The Morgan fingerprint density at radius 2 is 1.73 bits per heavy atom. The van der Waals surface area contributed by atoms with Crippen molar-refractivity contribution in [2.75, 3.05) is 13.1 Å². The molecule has 0 saturated carbocycles. The van der Waals surface area contributed by atoms with Crippen molar-refractivity contribution in [3.63, 3.8) is 0 Å². The van der Waals surface area contributed by atoms with Gasteiger partial charge < -0.3 is 5.32 Å². The molecular weight excluding hydrogens is 490 g/mol. The molecule has 8 nitrogen and oxygen atoms in total. The third-order valence-electron chi connectivity index (χ3n) is 6.55. The fourth-order valence-corrected chi connectivity index (χ4v) is 4.85. The van der Waals surface area contributed by atoms with Gasteiger partial charge in [-0.15, -0.1) is 0 Å². The Labute approximate surface area is 219 Å². The number of nitrogens with one attached hydrogen (secondary N) is 1. The molecule has 0 bridgehead atoms. The normalized spacial score (nSPS) is 14.4. The average molecular weight is 516 g/mol. The summed E-state index contributed by atoms with van der Waals surface area (Å²) in [7, 11) is 0. The summed E-state index contributed by atoms with van der Waals surface area (Å²) in [5.74, 6) is -0.279. The van der Waals surface area contributed by atoms with Crippen molar-refractivity contribution in [3.8, 4) is 16.9 Å². The average Bonchev–Trinajstić information content (AvgIpc) is 3.36. The molecule has 0 aliphatic carbocycles. The van der Waals surface area contributed by atoms with E-state index in [9.17, 15) is 14.9 Å². The maximum atomic E-state index is 13.5. The Balaban J connectivity index is 1.37. The number of carbonyl (C=O) groups excluding carboxylic acids is 1. The predicted octanol–water partition coefficient (Wildman–Crippen LogP) is 5.50. The Morgan fingerprint density at radius 3 is 2.46 bits per heavy atom. The summed E-state index contributed by atoms with van der Waals surface area (Å²) < 4.78 is 1.45. The molecule has 0 spiro atoms. The first-order valence-electron chi connectivity index (χ1n) is 12.1. The minimum atomic E-state index is -0.467. The van der Waals surface area contributed by atoms with E-state index in [1.165, 1.54) is 22.4 Å². The number of hydrogen-bond acceptors (Lipinski definition) is 5. The Bertz CT molecular complexity index is 1410. The van der Waals surface area contributed by atoms with Crippen LogP contribution >= 0.6 is 11.6 Å². The van der Waals surface area contributed by atoms with Gasteiger partial charge in [-0.3, -0.25) is 19.8 Å². The molecule has 1 amide bonds. The molecule has 188 valence electrons. The van der Waals surface area contributed by atoms with Crippen LogP contribution in [0.5, 0.6) is 0 Å². The van der Waals surface area contributed by atoms with Gasteiger partial charge in [0.2, 0.25) is 0 Å². The maximum absolute atomic E-state index is 13.5. The first-order chi connectivity index (χ1) is 18.0. The van der Waals surface area contributed by atoms with Gasteiger partial charge in [-0.25, -0.2) is 4.68 Å². The standard InChI is InChI=1S/C28H26ClN5O3/c29-25-12-5-4-11-24(25)26-18-27(33(31-26)22-9-6-10-23(17-22)34(36)37)28(35)30-21-13-15-32(16-14-21)19-20-7-2-1-3-8-20/h1-12,17-18,21H,13-16,19H2,(H,30,35). The number of nitro benzene ring substituents is 1. The van der Waals surface area contributed by atoms with E-state index in [0.29, 0.717) is 27.7 Å². The molecule has 2 heterocycles. The van der Waals surface area contributed by atoms with Crippen molar-refractivity contribution >= 4 is 23.2 Å². The van der Waals surface area contributed by atoms with Crippen LogP contribution in [0.3, 0.4) is 0 Å². The van der Waals surface area contributed by atoms with Crippen LogP contribution in [0.25, 0.3) is 16.9 Å². The van der Waals surface area contributed by atoms with Crippen molar-refractivity contribution in [2.24, 2.45) is 0 Å².